The summed E-state index contributed by atoms with van der Waals surface area (Å²) in [5.74, 6) is 0.212. The molecule has 1 fully saturated rings. The summed E-state index contributed by atoms with van der Waals surface area (Å²) >= 11 is 0. The lowest BCUT2D eigenvalue weighted by Crippen LogP contribution is -2.51. The molecule has 5 nitrogen and oxygen atoms in total. The van der Waals surface area contributed by atoms with Crippen molar-refractivity contribution >= 4 is 24.2 Å². The van der Waals surface area contributed by atoms with E-state index in [2.05, 4.69) is 16.0 Å². The van der Waals surface area contributed by atoms with Gasteiger partial charge in [-0.1, -0.05) is 13.8 Å². The van der Waals surface area contributed by atoms with Crippen molar-refractivity contribution in [3.8, 4) is 0 Å². The van der Waals surface area contributed by atoms with Gasteiger partial charge < -0.3 is 16.0 Å². The van der Waals surface area contributed by atoms with E-state index in [9.17, 15) is 9.59 Å². The van der Waals surface area contributed by atoms with Crippen molar-refractivity contribution in [3.05, 3.63) is 0 Å². The Labute approximate surface area is 102 Å². The Bertz CT molecular complexity index is 242. The number of nitrogens with one attached hydrogen (secondary N) is 3. The molecule has 0 aliphatic carbocycles. The molecular formula is C10H20ClN3O2. The number of rotatable bonds is 5. The van der Waals surface area contributed by atoms with Crippen LogP contribution in [-0.4, -0.2) is 38.0 Å². The molecule has 0 unspecified atom stereocenters. The van der Waals surface area contributed by atoms with E-state index in [1.165, 1.54) is 0 Å². The van der Waals surface area contributed by atoms with Crippen LogP contribution in [0, 0.1) is 11.8 Å². The number of carbonyl (C=O) groups is 2. The van der Waals surface area contributed by atoms with Crippen molar-refractivity contribution in [3.63, 3.8) is 0 Å². The third-order valence-corrected chi connectivity index (χ3v) is 2.40. The minimum absolute atomic E-state index is 0. The zero-order valence-corrected chi connectivity index (χ0v) is 10.5. The molecule has 1 saturated heterocycles. The maximum atomic E-state index is 11.3. The molecule has 0 spiro atoms. The van der Waals surface area contributed by atoms with Crippen LogP contribution in [0.25, 0.3) is 0 Å². The van der Waals surface area contributed by atoms with Crippen LogP contribution in [-0.2, 0) is 9.59 Å². The van der Waals surface area contributed by atoms with E-state index in [1.54, 1.807) is 0 Å². The molecule has 0 bridgehead atoms. The van der Waals surface area contributed by atoms with E-state index >= 15 is 0 Å². The molecule has 0 radical (unpaired) electrons. The highest BCUT2D eigenvalue weighted by atomic mass is 35.5. The molecule has 0 aromatic heterocycles. The number of hydrogen-bond acceptors (Lipinski definition) is 3. The van der Waals surface area contributed by atoms with Gasteiger partial charge in [-0.25, -0.2) is 0 Å². The number of amides is 2. The molecule has 6 heteroatoms. The fraction of sp³-hybridized carbons (Fsp3) is 0.800. The first kappa shape index (κ1) is 15.2. The first-order chi connectivity index (χ1) is 7.11. The second-order valence-corrected chi connectivity index (χ2v) is 4.09. The second kappa shape index (κ2) is 7.46. The Kier molecular flexibility index (Phi) is 7.08. The average molecular weight is 250 g/mol. The van der Waals surface area contributed by atoms with Gasteiger partial charge in [-0.3, -0.25) is 9.59 Å². The summed E-state index contributed by atoms with van der Waals surface area (Å²) in [6, 6.07) is 0. The minimum Gasteiger partial charge on any atom is -0.354 e. The van der Waals surface area contributed by atoms with Crippen LogP contribution in [0.15, 0.2) is 0 Å². The van der Waals surface area contributed by atoms with Gasteiger partial charge >= 0.3 is 0 Å². The molecule has 0 atom stereocenters. The van der Waals surface area contributed by atoms with Crippen molar-refractivity contribution in [2.75, 3.05) is 26.2 Å². The first-order valence-electron chi connectivity index (χ1n) is 5.37. The maximum Gasteiger partial charge on any atom is 0.225 e. The second-order valence-electron chi connectivity index (χ2n) is 4.09. The fourth-order valence-electron chi connectivity index (χ4n) is 1.19. The van der Waals surface area contributed by atoms with Gasteiger partial charge in [0.2, 0.25) is 11.8 Å². The standard InChI is InChI=1S/C10H19N3O2.ClH/c1-7(2)9(14)12-3-4-13-10(15)8-5-11-6-8;/h7-8,11H,3-6H2,1-2H3,(H,12,14)(H,13,15);1H. The summed E-state index contributed by atoms with van der Waals surface area (Å²) in [5.41, 5.74) is 0. The normalized spacial score (nSPS) is 14.9. The lowest BCUT2D eigenvalue weighted by molar-refractivity contribution is -0.127. The van der Waals surface area contributed by atoms with Gasteiger partial charge in [0.1, 0.15) is 0 Å². The van der Waals surface area contributed by atoms with Gasteiger partial charge in [-0.15, -0.1) is 12.4 Å². The van der Waals surface area contributed by atoms with Crippen LogP contribution in [0.4, 0.5) is 0 Å². The predicted molar refractivity (Wildman–Crippen MR) is 64.5 cm³/mol. The molecule has 1 rings (SSSR count). The number of carbonyl (C=O) groups excluding carboxylic acids is 2. The monoisotopic (exact) mass is 249 g/mol. The Morgan fingerprint density at radius 3 is 2.25 bits per heavy atom. The SMILES string of the molecule is CC(C)C(=O)NCCNC(=O)C1CNC1.Cl. The molecular weight excluding hydrogens is 230 g/mol. The van der Waals surface area contributed by atoms with Gasteiger partial charge in [-0.2, -0.15) is 0 Å². The van der Waals surface area contributed by atoms with Crippen LogP contribution in [0.3, 0.4) is 0 Å². The van der Waals surface area contributed by atoms with Crippen LogP contribution in [0.5, 0.6) is 0 Å². The maximum absolute atomic E-state index is 11.3. The zero-order valence-electron chi connectivity index (χ0n) is 9.71. The van der Waals surface area contributed by atoms with Crippen LogP contribution < -0.4 is 16.0 Å². The van der Waals surface area contributed by atoms with E-state index in [1.807, 2.05) is 13.8 Å². The summed E-state index contributed by atoms with van der Waals surface area (Å²) in [4.78, 5) is 22.5. The van der Waals surface area contributed by atoms with Gasteiger partial charge in [-0.05, 0) is 0 Å². The van der Waals surface area contributed by atoms with E-state index < -0.39 is 0 Å². The Morgan fingerprint density at radius 2 is 1.81 bits per heavy atom. The van der Waals surface area contributed by atoms with Gasteiger partial charge in [0.05, 0.1) is 5.92 Å². The third kappa shape index (κ3) is 4.81. The van der Waals surface area contributed by atoms with Crippen LogP contribution in [0.2, 0.25) is 0 Å². The molecule has 1 heterocycles. The molecule has 0 saturated carbocycles. The highest BCUT2D eigenvalue weighted by Gasteiger charge is 2.24. The van der Waals surface area contributed by atoms with Crippen molar-refractivity contribution in [2.45, 2.75) is 13.8 Å². The molecule has 2 amide bonds. The van der Waals surface area contributed by atoms with Gasteiger partial charge in [0.25, 0.3) is 0 Å². The highest BCUT2D eigenvalue weighted by Crippen LogP contribution is 2.01. The zero-order chi connectivity index (χ0) is 11.3. The predicted octanol–water partition coefficient (Wildman–Crippen LogP) is -0.484. The van der Waals surface area contributed by atoms with E-state index in [0.29, 0.717) is 13.1 Å². The highest BCUT2D eigenvalue weighted by molar-refractivity contribution is 5.85. The van der Waals surface area contributed by atoms with E-state index in [-0.39, 0.29) is 36.1 Å². The van der Waals surface area contributed by atoms with Gasteiger partial charge in [0, 0.05) is 32.1 Å². The van der Waals surface area contributed by atoms with Crippen molar-refractivity contribution < 1.29 is 9.59 Å². The molecule has 3 N–H and O–H groups in total. The summed E-state index contributed by atoms with van der Waals surface area (Å²) in [6.45, 7) is 6.23. The molecule has 94 valence electrons. The van der Waals surface area contributed by atoms with Crippen molar-refractivity contribution in [1.29, 1.82) is 0 Å². The molecule has 0 aromatic rings. The van der Waals surface area contributed by atoms with Gasteiger partial charge in [0.15, 0.2) is 0 Å². The number of hydrogen-bond donors (Lipinski definition) is 3. The summed E-state index contributed by atoms with van der Waals surface area (Å²) in [5, 5.41) is 8.56. The Morgan fingerprint density at radius 1 is 1.25 bits per heavy atom. The molecule has 0 aromatic carbocycles. The Hall–Kier alpha value is -0.810. The molecule has 1 aliphatic heterocycles. The number of halogens is 1. The third-order valence-electron chi connectivity index (χ3n) is 2.40. The average Bonchev–Trinajstić information content (AvgIpc) is 2.08. The topological polar surface area (TPSA) is 70.2 Å². The fourth-order valence-corrected chi connectivity index (χ4v) is 1.19. The van der Waals surface area contributed by atoms with Crippen molar-refractivity contribution in [2.24, 2.45) is 11.8 Å². The van der Waals surface area contributed by atoms with E-state index in [4.69, 9.17) is 0 Å². The van der Waals surface area contributed by atoms with Crippen LogP contribution >= 0.6 is 12.4 Å². The minimum atomic E-state index is -0.00321. The first-order valence-corrected chi connectivity index (χ1v) is 5.37. The van der Waals surface area contributed by atoms with Crippen molar-refractivity contribution in [1.82, 2.24) is 16.0 Å². The summed E-state index contributed by atoms with van der Waals surface area (Å²) < 4.78 is 0. The Balaban J connectivity index is 0.00000225. The smallest absolute Gasteiger partial charge is 0.225 e. The van der Waals surface area contributed by atoms with Crippen LogP contribution in [0.1, 0.15) is 13.8 Å². The lowest BCUT2D eigenvalue weighted by atomic mass is 10.0. The quantitative estimate of drug-likeness (QED) is 0.577. The summed E-state index contributed by atoms with van der Waals surface area (Å²) in [7, 11) is 0. The largest absolute Gasteiger partial charge is 0.354 e. The molecule has 1 aliphatic rings. The molecule has 16 heavy (non-hydrogen) atoms. The summed E-state index contributed by atoms with van der Waals surface area (Å²) in [6.07, 6.45) is 0. The lowest BCUT2D eigenvalue weighted by Gasteiger charge is -2.25. The van der Waals surface area contributed by atoms with E-state index in [0.717, 1.165) is 13.1 Å².